The summed E-state index contributed by atoms with van der Waals surface area (Å²) in [6.45, 7) is 3.65. The summed E-state index contributed by atoms with van der Waals surface area (Å²) in [6.07, 6.45) is 0. The van der Waals surface area contributed by atoms with Gasteiger partial charge in [-0.1, -0.05) is 63.5 Å². The Hall–Kier alpha value is -2.48. The molecule has 0 saturated carbocycles. The zero-order valence-electron chi connectivity index (χ0n) is 16.8. The van der Waals surface area contributed by atoms with Crippen LogP contribution in [0.2, 0.25) is 0 Å². The molecule has 0 aromatic heterocycles. The molecule has 1 amide bonds. The smallest absolute Gasteiger partial charge is 0.243 e. The van der Waals surface area contributed by atoms with Gasteiger partial charge in [-0.2, -0.15) is 4.31 Å². The van der Waals surface area contributed by atoms with Crippen LogP contribution >= 0.6 is 15.9 Å². The summed E-state index contributed by atoms with van der Waals surface area (Å²) in [5.74, 6) is -0.402. The summed E-state index contributed by atoms with van der Waals surface area (Å²) < 4.78 is 28.7. The molecule has 1 N–H and O–H groups in total. The molecule has 0 atom stereocenters. The molecule has 0 heterocycles. The number of nitrogens with one attached hydrogen (secondary N) is 1. The van der Waals surface area contributed by atoms with E-state index in [4.69, 9.17) is 0 Å². The van der Waals surface area contributed by atoms with Gasteiger partial charge in [0.15, 0.2) is 0 Å². The van der Waals surface area contributed by atoms with Gasteiger partial charge in [0.2, 0.25) is 15.9 Å². The Balaban J connectivity index is 1.87. The Labute approximate surface area is 185 Å². The van der Waals surface area contributed by atoms with E-state index in [2.05, 4.69) is 21.2 Å². The highest BCUT2D eigenvalue weighted by atomic mass is 79.9. The van der Waals surface area contributed by atoms with Crippen molar-refractivity contribution in [3.8, 4) is 0 Å². The van der Waals surface area contributed by atoms with Gasteiger partial charge in [-0.05, 0) is 55.8 Å². The Morgan fingerprint density at radius 1 is 0.933 bits per heavy atom. The van der Waals surface area contributed by atoms with Crippen molar-refractivity contribution < 1.29 is 13.2 Å². The van der Waals surface area contributed by atoms with Gasteiger partial charge in [0.05, 0.1) is 11.4 Å². The van der Waals surface area contributed by atoms with E-state index in [9.17, 15) is 13.2 Å². The maximum absolute atomic E-state index is 13.3. The van der Waals surface area contributed by atoms with Gasteiger partial charge in [-0.3, -0.25) is 4.79 Å². The highest BCUT2D eigenvalue weighted by Crippen LogP contribution is 2.20. The van der Waals surface area contributed by atoms with E-state index in [1.54, 1.807) is 36.4 Å². The number of benzene rings is 3. The van der Waals surface area contributed by atoms with Crippen LogP contribution in [0.25, 0.3) is 0 Å². The van der Waals surface area contributed by atoms with Crippen molar-refractivity contribution in [1.82, 2.24) is 4.31 Å². The summed E-state index contributed by atoms with van der Waals surface area (Å²) in [7, 11) is -3.86. The van der Waals surface area contributed by atoms with E-state index >= 15 is 0 Å². The molecule has 0 aliphatic rings. The summed E-state index contributed by atoms with van der Waals surface area (Å²) in [5, 5.41) is 2.76. The van der Waals surface area contributed by atoms with E-state index in [-0.39, 0.29) is 18.0 Å². The first-order valence-electron chi connectivity index (χ1n) is 9.42. The van der Waals surface area contributed by atoms with Crippen LogP contribution in [0.1, 0.15) is 16.7 Å². The predicted molar refractivity (Wildman–Crippen MR) is 123 cm³/mol. The monoisotopic (exact) mass is 486 g/mol. The SMILES string of the molecule is Cc1ccc(S(=O)(=O)N(CC(=O)Nc2ccc(Br)cc2)Cc2cccc(C)c2)cc1. The van der Waals surface area contributed by atoms with E-state index in [0.29, 0.717) is 5.69 Å². The summed E-state index contributed by atoms with van der Waals surface area (Å²) in [5.41, 5.74) is 3.42. The number of amides is 1. The standard InChI is InChI=1S/C23H23BrN2O3S/c1-17-6-12-22(13-7-17)30(28,29)26(15-19-5-3-4-18(2)14-19)16-23(27)25-21-10-8-20(24)9-11-21/h3-14H,15-16H2,1-2H3,(H,25,27). The van der Waals surface area contributed by atoms with Crippen LogP contribution in [0.5, 0.6) is 0 Å². The van der Waals surface area contributed by atoms with E-state index in [1.807, 2.05) is 50.2 Å². The van der Waals surface area contributed by atoms with Crippen molar-refractivity contribution in [1.29, 1.82) is 0 Å². The normalized spacial score (nSPS) is 11.5. The molecule has 0 unspecified atom stereocenters. The number of carbonyl (C=O) groups excluding carboxylic acids is 1. The lowest BCUT2D eigenvalue weighted by molar-refractivity contribution is -0.116. The van der Waals surface area contributed by atoms with Crippen LogP contribution < -0.4 is 5.32 Å². The van der Waals surface area contributed by atoms with Gasteiger partial charge in [0, 0.05) is 16.7 Å². The first-order valence-corrected chi connectivity index (χ1v) is 11.6. The molecule has 0 fully saturated rings. The van der Waals surface area contributed by atoms with Crippen LogP contribution in [-0.4, -0.2) is 25.2 Å². The average Bonchev–Trinajstić information content (AvgIpc) is 2.69. The molecule has 0 spiro atoms. The van der Waals surface area contributed by atoms with Crippen LogP contribution in [-0.2, 0) is 21.4 Å². The first kappa shape index (κ1) is 22.2. The van der Waals surface area contributed by atoms with Crippen molar-refractivity contribution in [3.05, 3.63) is 94.0 Å². The third kappa shape index (κ3) is 5.78. The van der Waals surface area contributed by atoms with Crippen LogP contribution in [0.3, 0.4) is 0 Å². The lowest BCUT2D eigenvalue weighted by Gasteiger charge is -2.22. The number of carbonyl (C=O) groups is 1. The topological polar surface area (TPSA) is 66.5 Å². The van der Waals surface area contributed by atoms with Gasteiger partial charge in [-0.25, -0.2) is 8.42 Å². The molecule has 30 heavy (non-hydrogen) atoms. The molecule has 5 nitrogen and oxygen atoms in total. The molecule has 156 valence electrons. The van der Waals surface area contributed by atoms with Crippen LogP contribution in [0, 0.1) is 13.8 Å². The Morgan fingerprint density at radius 2 is 1.60 bits per heavy atom. The van der Waals surface area contributed by atoms with Gasteiger partial charge in [-0.15, -0.1) is 0 Å². The molecule has 0 aliphatic carbocycles. The Bertz CT molecular complexity index is 1130. The minimum atomic E-state index is -3.86. The molecule has 7 heteroatoms. The van der Waals surface area contributed by atoms with Crippen molar-refractivity contribution >= 4 is 37.5 Å². The molecular formula is C23H23BrN2O3S. The highest BCUT2D eigenvalue weighted by Gasteiger charge is 2.27. The summed E-state index contributed by atoms with van der Waals surface area (Å²) in [4.78, 5) is 12.8. The Morgan fingerprint density at radius 3 is 2.23 bits per heavy atom. The number of hydrogen-bond donors (Lipinski definition) is 1. The molecule has 0 bridgehead atoms. The minimum absolute atomic E-state index is 0.103. The zero-order chi connectivity index (χ0) is 21.7. The number of halogens is 1. The van der Waals surface area contributed by atoms with Crippen molar-refractivity contribution in [3.63, 3.8) is 0 Å². The molecular weight excluding hydrogens is 464 g/mol. The fourth-order valence-electron chi connectivity index (χ4n) is 2.99. The molecule has 3 aromatic carbocycles. The number of sulfonamides is 1. The van der Waals surface area contributed by atoms with Gasteiger partial charge >= 0.3 is 0 Å². The number of rotatable bonds is 7. The highest BCUT2D eigenvalue weighted by molar-refractivity contribution is 9.10. The molecule has 0 radical (unpaired) electrons. The van der Waals surface area contributed by atoms with E-state index in [1.165, 1.54) is 4.31 Å². The number of hydrogen-bond acceptors (Lipinski definition) is 3. The summed E-state index contributed by atoms with van der Waals surface area (Å²) >= 11 is 3.35. The van der Waals surface area contributed by atoms with Gasteiger partial charge < -0.3 is 5.32 Å². The lowest BCUT2D eigenvalue weighted by atomic mass is 10.1. The van der Waals surface area contributed by atoms with Gasteiger partial charge in [0.1, 0.15) is 0 Å². The second-order valence-electron chi connectivity index (χ2n) is 7.13. The van der Waals surface area contributed by atoms with Crippen molar-refractivity contribution in [2.75, 3.05) is 11.9 Å². The molecule has 3 aromatic rings. The third-order valence-electron chi connectivity index (χ3n) is 4.55. The first-order chi connectivity index (χ1) is 14.2. The van der Waals surface area contributed by atoms with Crippen molar-refractivity contribution in [2.45, 2.75) is 25.3 Å². The minimum Gasteiger partial charge on any atom is -0.325 e. The average molecular weight is 487 g/mol. The third-order valence-corrected chi connectivity index (χ3v) is 6.88. The van der Waals surface area contributed by atoms with Gasteiger partial charge in [0.25, 0.3) is 0 Å². The van der Waals surface area contributed by atoms with Crippen LogP contribution in [0.4, 0.5) is 5.69 Å². The van der Waals surface area contributed by atoms with E-state index in [0.717, 1.165) is 21.2 Å². The van der Waals surface area contributed by atoms with Crippen molar-refractivity contribution in [2.24, 2.45) is 0 Å². The molecule has 3 rings (SSSR count). The maximum Gasteiger partial charge on any atom is 0.243 e. The summed E-state index contributed by atoms with van der Waals surface area (Å²) in [6, 6.07) is 21.4. The molecule has 0 saturated heterocycles. The fourth-order valence-corrected chi connectivity index (χ4v) is 4.64. The predicted octanol–water partition coefficient (Wildman–Crippen LogP) is 4.90. The maximum atomic E-state index is 13.3. The zero-order valence-corrected chi connectivity index (χ0v) is 19.2. The lowest BCUT2D eigenvalue weighted by Crippen LogP contribution is -2.37. The Kier molecular flexibility index (Phi) is 7.07. The second kappa shape index (κ2) is 9.55. The quantitative estimate of drug-likeness (QED) is 0.516. The van der Waals surface area contributed by atoms with E-state index < -0.39 is 15.9 Å². The number of aryl methyl sites for hydroxylation is 2. The largest absolute Gasteiger partial charge is 0.325 e. The van der Waals surface area contributed by atoms with Crippen LogP contribution in [0.15, 0.2) is 82.2 Å². The molecule has 0 aliphatic heterocycles. The number of nitrogens with zero attached hydrogens (tertiary/aromatic N) is 1. The second-order valence-corrected chi connectivity index (χ2v) is 9.98. The fraction of sp³-hybridized carbons (Fsp3) is 0.174. The number of anilines is 1.